The first-order valence-electron chi connectivity index (χ1n) is 5.18. The molecule has 0 aliphatic heterocycles. The SMILES string of the molecule is CC(=O)C(C)c1nc(-c2cccc(Cl)c2)no1. The van der Waals surface area contributed by atoms with Crippen LogP contribution in [0.4, 0.5) is 0 Å². The van der Waals surface area contributed by atoms with Crippen molar-refractivity contribution in [2.45, 2.75) is 19.8 Å². The topological polar surface area (TPSA) is 56.0 Å². The van der Waals surface area contributed by atoms with E-state index in [1.165, 1.54) is 6.92 Å². The molecule has 1 aromatic heterocycles. The standard InChI is InChI=1S/C12H11ClN2O2/c1-7(8(2)16)12-14-11(15-17-12)9-4-3-5-10(13)6-9/h3-7H,1-2H3. The first-order chi connectivity index (χ1) is 8.08. The minimum atomic E-state index is -0.379. The second-order valence-electron chi connectivity index (χ2n) is 3.80. The molecule has 2 rings (SSSR count). The molecule has 0 saturated heterocycles. The third-order valence-electron chi connectivity index (χ3n) is 2.50. The fourth-order valence-corrected chi connectivity index (χ4v) is 1.52. The second-order valence-corrected chi connectivity index (χ2v) is 4.24. The number of carbonyl (C=O) groups excluding carboxylic acids is 1. The lowest BCUT2D eigenvalue weighted by molar-refractivity contribution is -0.118. The van der Waals surface area contributed by atoms with Gasteiger partial charge in [-0.2, -0.15) is 4.98 Å². The van der Waals surface area contributed by atoms with Gasteiger partial charge in [-0.3, -0.25) is 4.79 Å². The molecule has 0 spiro atoms. The number of rotatable bonds is 3. The van der Waals surface area contributed by atoms with Gasteiger partial charge in [0, 0.05) is 10.6 Å². The lowest BCUT2D eigenvalue weighted by atomic mass is 10.1. The fraction of sp³-hybridized carbons (Fsp3) is 0.250. The Morgan fingerprint density at radius 1 is 1.47 bits per heavy atom. The number of benzene rings is 1. The van der Waals surface area contributed by atoms with E-state index < -0.39 is 0 Å². The van der Waals surface area contributed by atoms with Crippen LogP contribution in [0.5, 0.6) is 0 Å². The average Bonchev–Trinajstić information content (AvgIpc) is 2.77. The Morgan fingerprint density at radius 3 is 2.88 bits per heavy atom. The molecule has 2 aromatic rings. The maximum atomic E-state index is 11.2. The van der Waals surface area contributed by atoms with Crippen molar-refractivity contribution in [3.8, 4) is 11.4 Å². The molecule has 5 heteroatoms. The van der Waals surface area contributed by atoms with Crippen molar-refractivity contribution in [3.63, 3.8) is 0 Å². The van der Waals surface area contributed by atoms with Gasteiger partial charge in [0.05, 0.1) is 5.92 Å². The highest BCUT2D eigenvalue weighted by molar-refractivity contribution is 6.30. The average molecular weight is 251 g/mol. The summed E-state index contributed by atoms with van der Waals surface area (Å²) in [5, 5.41) is 4.44. The Kier molecular flexibility index (Phi) is 3.24. The highest BCUT2D eigenvalue weighted by atomic mass is 35.5. The molecule has 0 fully saturated rings. The van der Waals surface area contributed by atoms with E-state index in [1.54, 1.807) is 19.1 Å². The molecule has 0 radical (unpaired) electrons. The summed E-state index contributed by atoms with van der Waals surface area (Å²) < 4.78 is 5.06. The lowest BCUT2D eigenvalue weighted by Gasteiger charge is -1.98. The molecule has 1 unspecified atom stereocenters. The summed E-state index contributed by atoms with van der Waals surface area (Å²) in [7, 11) is 0. The Labute approximate surface area is 104 Å². The highest BCUT2D eigenvalue weighted by Gasteiger charge is 2.18. The quantitative estimate of drug-likeness (QED) is 0.840. The van der Waals surface area contributed by atoms with Crippen LogP contribution in [-0.2, 0) is 4.79 Å². The highest BCUT2D eigenvalue weighted by Crippen LogP contribution is 2.22. The zero-order valence-electron chi connectivity index (χ0n) is 9.48. The smallest absolute Gasteiger partial charge is 0.237 e. The van der Waals surface area contributed by atoms with Crippen LogP contribution in [0.2, 0.25) is 5.02 Å². The number of Topliss-reactive ketones (excluding diaryl/α,β-unsaturated/α-hetero) is 1. The number of halogens is 1. The zero-order valence-corrected chi connectivity index (χ0v) is 10.2. The van der Waals surface area contributed by atoms with E-state index in [0.29, 0.717) is 16.7 Å². The van der Waals surface area contributed by atoms with E-state index in [1.807, 2.05) is 12.1 Å². The van der Waals surface area contributed by atoms with Crippen molar-refractivity contribution < 1.29 is 9.32 Å². The van der Waals surface area contributed by atoms with Crippen LogP contribution < -0.4 is 0 Å². The molecule has 0 saturated carbocycles. The van der Waals surface area contributed by atoms with E-state index in [4.69, 9.17) is 16.1 Å². The lowest BCUT2D eigenvalue weighted by Crippen LogP contribution is -2.04. The van der Waals surface area contributed by atoms with Crippen LogP contribution in [-0.4, -0.2) is 15.9 Å². The van der Waals surface area contributed by atoms with Gasteiger partial charge in [0.2, 0.25) is 11.7 Å². The third kappa shape index (κ3) is 2.53. The van der Waals surface area contributed by atoms with Crippen LogP contribution in [0.25, 0.3) is 11.4 Å². The van der Waals surface area contributed by atoms with Gasteiger partial charge < -0.3 is 4.52 Å². The third-order valence-corrected chi connectivity index (χ3v) is 2.74. The largest absolute Gasteiger partial charge is 0.338 e. The monoisotopic (exact) mass is 250 g/mol. The zero-order chi connectivity index (χ0) is 12.4. The summed E-state index contributed by atoms with van der Waals surface area (Å²) in [6.07, 6.45) is 0. The normalized spacial score (nSPS) is 12.4. The number of ketones is 1. The van der Waals surface area contributed by atoms with E-state index in [-0.39, 0.29) is 11.7 Å². The van der Waals surface area contributed by atoms with Gasteiger partial charge in [0.25, 0.3) is 0 Å². The first-order valence-corrected chi connectivity index (χ1v) is 5.55. The molecule has 0 aliphatic carbocycles. The Hall–Kier alpha value is -1.68. The number of nitrogens with zero attached hydrogens (tertiary/aromatic N) is 2. The summed E-state index contributed by atoms with van der Waals surface area (Å²) >= 11 is 5.87. The van der Waals surface area contributed by atoms with Crippen molar-refractivity contribution in [1.29, 1.82) is 0 Å². The van der Waals surface area contributed by atoms with Crippen molar-refractivity contribution in [3.05, 3.63) is 35.2 Å². The summed E-state index contributed by atoms with van der Waals surface area (Å²) in [6.45, 7) is 3.23. The van der Waals surface area contributed by atoms with E-state index >= 15 is 0 Å². The minimum Gasteiger partial charge on any atom is -0.338 e. The molecule has 1 aromatic carbocycles. The molecule has 0 aliphatic rings. The van der Waals surface area contributed by atoms with Crippen LogP contribution in [0.15, 0.2) is 28.8 Å². The molecule has 0 bridgehead atoms. The number of aromatic nitrogens is 2. The molecule has 88 valence electrons. The number of hydrogen-bond donors (Lipinski definition) is 0. The van der Waals surface area contributed by atoms with Gasteiger partial charge in [0.15, 0.2) is 0 Å². The van der Waals surface area contributed by atoms with Crippen LogP contribution in [0, 0.1) is 0 Å². The second kappa shape index (κ2) is 4.67. The Bertz CT molecular complexity index is 551. The Balaban J connectivity index is 2.33. The van der Waals surface area contributed by atoms with Gasteiger partial charge >= 0.3 is 0 Å². The van der Waals surface area contributed by atoms with Gasteiger partial charge in [-0.05, 0) is 26.0 Å². The molecule has 17 heavy (non-hydrogen) atoms. The molecule has 1 atom stereocenters. The molecule has 0 amide bonds. The molecular formula is C12H11ClN2O2. The van der Waals surface area contributed by atoms with E-state index in [2.05, 4.69) is 10.1 Å². The van der Waals surface area contributed by atoms with Gasteiger partial charge in [-0.1, -0.05) is 28.9 Å². The van der Waals surface area contributed by atoms with Crippen LogP contribution >= 0.6 is 11.6 Å². The van der Waals surface area contributed by atoms with Gasteiger partial charge in [-0.15, -0.1) is 0 Å². The van der Waals surface area contributed by atoms with Gasteiger partial charge in [0.1, 0.15) is 5.78 Å². The van der Waals surface area contributed by atoms with Crippen LogP contribution in [0.3, 0.4) is 0 Å². The summed E-state index contributed by atoms with van der Waals surface area (Å²) in [5.41, 5.74) is 0.767. The number of hydrogen-bond acceptors (Lipinski definition) is 4. The van der Waals surface area contributed by atoms with Crippen molar-refractivity contribution in [2.24, 2.45) is 0 Å². The molecule has 4 nitrogen and oxygen atoms in total. The summed E-state index contributed by atoms with van der Waals surface area (Å²) in [6, 6.07) is 7.15. The van der Waals surface area contributed by atoms with Crippen LogP contribution in [0.1, 0.15) is 25.7 Å². The van der Waals surface area contributed by atoms with Crippen molar-refractivity contribution in [1.82, 2.24) is 10.1 Å². The molecular weight excluding hydrogens is 240 g/mol. The maximum Gasteiger partial charge on any atom is 0.237 e. The number of carbonyl (C=O) groups is 1. The molecule has 1 heterocycles. The summed E-state index contributed by atoms with van der Waals surface area (Å²) in [5.74, 6) is 0.379. The van der Waals surface area contributed by atoms with E-state index in [0.717, 1.165) is 5.56 Å². The van der Waals surface area contributed by atoms with Crippen molar-refractivity contribution >= 4 is 17.4 Å². The van der Waals surface area contributed by atoms with E-state index in [9.17, 15) is 4.79 Å². The molecule has 0 N–H and O–H groups in total. The Morgan fingerprint density at radius 2 is 2.24 bits per heavy atom. The summed E-state index contributed by atoms with van der Waals surface area (Å²) in [4.78, 5) is 15.4. The predicted molar refractivity (Wildman–Crippen MR) is 63.8 cm³/mol. The van der Waals surface area contributed by atoms with Gasteiger partial charge in [-0.25, -0.2) is 0 Å². The fourth-order valence-electron chi connectivity index (χ4n) is 1.33. The van der Waals surface area contributed by atoms with Crippen molar-refractivity contribution in [2.75, 3.05) is 0 Å². The first kappa shape index (κ1) is 11.8. The minimum absolute atomic E-state index is 0.00806. The maximum absolute atomic E-state index is 11.2. The predicted octanol–water partition coefficient (Wildman–Crippen LogP) is 3.08.